The molecule has 156 valence electrons. The van der Waals surface area contributed by atoms with Crippen LogP contribution in [0.4, 0.5) is 0 Å². The summed E-state index contributed by atoms with van der Waals surface area (Å²) >= 11 is 0. The van der Waals surface area contributed by atoms with Crippen molar-refractivity contribution in [2.24, 2.45) is 0 Å². The van der Waals surface area contributed by atoms with Crippen LogP contribution in [0.15, 0.2) is 54.6 Å². The third-order valence-electron chi connectivity index (χ3n) is 4.71. The van der Waals surface area contributed by atoms with Crippen LogP contribution in [-0.2, 0) is 28.9 Å². The second kappa shape index (κ2) is 11.3. The lowest BCUT2D eigenvalue weighted by Crippen LogP contribution is -2.52. The van der Waals surface area contributed by atoms with Crippen molar-refractivity contribution in [1.29, 1.82) is 0 Å². The molecule has 0 radical (unpaired) electrons. The van der Waals surface area contributed by atoms with Crippen molar-refractivity contribution in [3.05, 3.63) is 71.3 Å². The number of rotatable bonds is 10. The summed E-state index contributed by atoms with van der Waals surface area (Å²) < 4.78 is 0. The van der Waals surface area contributed by atoms with E-state index in [0.717, 1.165) is 17.5 Å². The fourth-order valence-corrected chi connectivity index (χ4v) is 3.21. The standard InChI is InChI=1S/C23H31N3O3/c1-4-18-10-12-20(13-11-18)15-23(29)24-21(14-19-8-6-5-7-9-19)22(28)16-26(3)25-17(2)27/h5-13,21-22,28H,4,14-16H2,1-3H3,(H,24,29)(H,25,27). The molecule has 0 aromatic heterocycles. The molecule has 6 heteroatoms. The van der Waals surface area contributed by atoms with Gasteiger partial charge < -0.3 is 10.4 Å². The van der Waals surface area contributed by atoms with E-state index in [-0.39, 0.29) is 24.8 Å². The zero-order valence-electron chi connectivity index (χ0n) is 17.4. The van der Waals surface area contributed by atoms with E-state index in [9.17, 15) is 14.7 Å². The number of hydrogen-bond donors (Lipinski definition) is 3. The number of likely N-dealkylation sites (N-methyl/N-ethyl adjacent to an activating group) is 1. The van der Waals surface area contributed by atoms with Gasteiger partial charge in [0.15, 0.2) is 0 Å². The first kappa shape index (κ1) is 22.6. The Morgan fingerprint density at radius 1 is 1.00 bits per heavy atom. The van der Waals surface area contributed by atoms with Gasteiger partial charge in [-0.3, -0.25) is 15.0 Å². The molecule has 2 aromatic carbocycles. The summed E-state index contributed by atoms with van der Waals surface area (Å²) in [7, 11) is 1.68. The quantitative estimate of drug-likeness (QED) is 0.535. The van der Waals surface area contributed by atoms with Crippen molar-refractivity contribution in [2.75, 3.05) is 13.6 Å². The summed E-state index contributed by atoms with van der Waals surface area (Å²) in [6.07, 6.45) is 0.859. The number of benzene rings is 2. The summed E-state index contributed by atoms with van der Waals surface area (Å²) in [6.45, 7) is 3.70. The number of aliphatic hydroxyl groups excluding tert-OH is 1. The molecule has 0 fully saturated rings. The summed E-state index contributed by atoms with van der Waals surface area (Å²) in [5.74, 6) is -0.352. The van der Waals surface area contributed by atoms with Crippen LogP contribution in [0.1, 0.15) is 30.5 Å². The van der Waals surface area contributed by atoms with Crippen molar-refractivity contribution in [3.8, 4) is 0 Å². The number of aryl methyl sites for hydroxylation is 1. The molecular weight excluding hydrogens is 366 g/mol. The minimum atomic E-state index is -0.849. The number of aliphatic hydroxyl groups is 1. The van der Waals surface area contributed by atoms with Crippen LogP contribution in [0, 0.1) is 0 Å². The molecule has 0 bridgehead atoms. The summed E-state index contributed by atoms with van der Waals surface area (Å²) in [5, 5.41) is 15.2. The zero-order chi connectivity index (χ0) is 21.2. The maximum Gasteiger partial charge on any atom is 0.231 e. The topological polar surface area (TPSA) is 81.7 Å². The van der Waals surface area contributed by atoms with Crippen molar-refractivity contribution in [1.82, 2.24) is 15.8 Å². The molecule has 0 aliphatic rings. The van der Waals surface area contributed by atoms with Gasteiger partial charge in [0.25, 0.3) is 0 Å². The van der Waals surface area contributed by atoms with Crippen molar-refractivity contribution in [2.45, 2.75) is 45.3 Å². The van der Waals surface area contributed by atoms with Crippen molar-refractivity contribution in [3.63, 3.8) is 0 Å². The minimum Gasteiger partial charge on any atom is -0.390 e. The third kappa shape index (κ3) is 8.05. The van der Waals surface area contributed by atoms with Crippen LogP contribution < -0.4 is 10.7 Å². The highest BCUT2D eigenvalue weighted by atomic mass is 16.3. The van der Waals surface area contributed by atoms with Crippen LogP contribution in [0.5, 0.6) is 0 Å². The van der Waals surface area contributed by atoms with E-state index >= 15 is 0 Å². The van der Waals surface area contributed by atoms with Gasteiger partial charge in [-0.25, -0.2) is 5.01 Å². The van der Waals surface area contributed by atoms with Crippen LogP contribution in [0.25, 0.3) is 0 Å². The Bertz CT molecular complexity index is 778. The van der Waals surface area contributed by atoms with Gasteiger partial charge in [-0.1, -0.05) is 61.5 Å². The lowest BCUT2D eigenvalue weighted by molar-refractivity contribution is -0.125. The van der Waals surface area contributed by atoms with Crippen molar-refractivity contribution >= 4 is 11.8 Å². The molecule has 0 spiro atoms. The number of carbonyl (C=O) groups is 2. The van der Waals surface area contributed by atoms with Crippen LogP contribution in [0.3, 0.4) is 0 Å². The Balaban J connectivity index is 2.04. The highest BCUT2D eigenvalue weighted by Gasteiger charge is 2.23. The molecule has 6 nitrogen and oxygen atoms in total. The summed E-state index contributed by atoms with van der Waals surface area (Å²) in [4.78, 5) is 23.8. The van der Waals surface area contributed by atoms with Gasteiger partial charge >= 0.3 is 0 Å². The molecule has 0 saturated carbocycles. The first-order valence-electron chi connectivity index (χ1n) is 9.95. The van der Waals surface area contributed by atoms with Crippen LogP contribution >= 0.6 is 0 Å². The van der Waals surface area contributed by atoms with Crippen molar-refractivity contribution < 1.29 is 14.7 Å². The Morgan fingerprint density at radius 2 is 1.62 bits per heavy atom. The predicted octanol–water partition coefficient (Wildman–Crippen LogP) is 1.86. The minimum absolute atomic E-state index is 0.142. The average Bonchev–Trinajstić information content (AvgIpc) is 2.68. The average molecular weight is 398 g/mol. The Hall–Kier alpha value is -2.70. The number of hydrazine groups is 1. The van der Waals surface area contributed by atoms with E-state index in [0.29, 0.717) is 6.42 Å². The fourth-order valence-electron chi connectivity index (χ4n) is 3.21. The molecule has 2 aromatic rings. The zero-order valence-corrected chi connectivity index (χ0v) is 17.4. The van der Waals surface area contributed by atoms with E-state index in [1.165, 1.54) is 17.5 Å². The predicted molar refractivity (Wildman–Crippen MR) is 114 cm³/mol. The Labute approximate surface area is 172 Å². The van der Waals surface area contributed by atoms with Gasteiger partial charge in [0.2, 0.25) is 11.8 Å². The maximum absolute atomic E-state index is 12.6. The molecule has 29 heavy (non-hydrogen) atoms. The third-order valence-corrected chi connectivity index (χ3v) is 4.71. The van der Waals surface area contributed by atoms with Crippen LogP contribution in [-0.4, -0.2) is 47.7 Å². The normalized spacial score (nSPS) is 13.0. The van der Waals surface area contributed by atoms with Gasteiger partial charge in [0.1, 0.15) is 0 Å². The van der Waals surface area contributed by atoms with Gasteiger partial charge in [-0.2, -0.15) is 0 Å². The van der Waals surface area contributed by atoms with E-state index < -0.39 is 12.1 Å². The number of carbonyl (C=O) groups excluding carboxylic acids is 2. The van der Waals surface area contributed by atoms with E-state index in [1.54, 1.807) is 7.05 Å². The first-order chi connectivity index (χ1) is 13.9. The molecule has 2 rings (SSSR count). The highest BCUT2D eigenvalue weighted by molar-refractivity contribution is 5.79. The molecule has 2 atom stereocenters. The molecule has 3 N–H and O–H groups in total. The van der Waals surface area contributed by atoms with E-state index in [2.05, 4.69) is 17.7 Å². The number of amides is 2. The SMILES string of the molecule is CCc1ccc(CC(=O)NC(Cc2ccccc2)C(O)CN(C)NC(C)=O)cc1. The monoisotopic (exact) mass is 397 g/mol. The molecule has 0 aliphatic carbocycles. The lowest BCUT2D eigenvalue weighted by Gasteiger charge is -2.28. The van der Waals surface area contributed by atoms with E-state index in [1.807, 2.05) is 54.6 Å². The van der Waals surface area contributed by atoms with Gasteiger partial charge in [0.05, 0.1) is 18.6 Å². The fraction of sp³-hybridized carbons (Fsp3) is 0.391. The summed E-state index contributed by atoms with van der Waals surface area (Å²) in [6, 6.07) is 17.2. The van der Waals surface area contributed by atoms with E-state index in [4.69, 9.17) is 0 Å². The number of nitrogens with zero attached hydrogens (tertiary/aromatic N) is 1. The number of nitrogens with one attached hydrogen (secondary N) is 2. The maximum atomic E-state index is 12.6. The molecule has 0 heterocycles. The highest BCUT2D eigenvalue weighted by Crippen LogP contribution is 2.09. The van der Waals surface area contributed by atoms with Gasteiger partial charge in [-0.05, 0) is 29.5 Å². The van der Waals surface area contributed by atoms with Crippen LogP contribution in [0.2, 0.25) is 0 Å². The molecule has 2 amide bonds. The summed E-state index contributed by atoms with van der Waals surface area (Å²) in [5.41, 5.74) is 5.80. The second-order valence-corrected chi connectivity index (χ2v) is 7.33. The molecule has 2 unspecified atom stereocenters. The first-order valence-corrected chi connectivity index (χ1v) is 9.95. The van der Waals surface area contributed by atoms with Gasteiger partial charge in [0, 0.05) is 20.5 Å². The Morgan fingerprint density at radius 3 is 2.21 bits per heavy atom. The molecular formula is C23H31N3O3. The number of hydrogen-bond acceptors (Lipinski definition) is 4. The smallest absolute Gasteiger partial charge is 0.231 e. The largest absolute Gasteiger partial charge is 0.390 e. The second-order valence-electron chi connectivity index (χ2n) is 7.33. The molecule has 0 aliphatic heterocycles. The molecule has 0 saturated heterocycles. The van der Waals surface area contributed by atoms with Gasteiger partial charge in [-0.15, -0.1) is 0 Å². The Kier molecular flexibility index (Phi) is 8.83. The lowest BCUT2D eigenvalue weighted by atomic mass is 10.00.